The largest absolute Gasteiger partial charge is 0.481 e. The van der Waals surface area contributed by atoms with Gasteiger partial charge in [-0.05, 0) is 36.1 Å². The number of hydrogen-bond donors (Lipinski definition) is 2. The molecule has 2 N–H and O–H groups in total. The molecule has 1 aromatic carbocycles. The summed E-state index contributed by atoms with van der Waals surface area (Å²) in [7, 11) is 0. The summed E-state index contributed by atoms with van der Waals surface area (Å²) in [5.41, 5.74) is 0.950. The fourth-order valence-electron chi connectivity index (χ4n) is 1.94. The third kappa shape index (κ3) is 6.28. The van der Waals surface area contributed by atoms with Crippen LogP contribution in [0.4, 0.5) is 0 Å². The predicted molar refractivity (Wildman–Crippen MR) is 78.7 cm³/mol. The average Bonchev–Trinajstić information content (AvgIpc) is 2.25. The Bertz CT molecular complexity index is 415. The number of hydrogen-bond acceptors (Lipinski definition) is 2. The van der Waals surface area contributed by atoms with E-state index in [1.165, 1.54) is 0 Å². The molecule has 0 heterocycles. The Kier molecular flexibility index (Phi) is 6.63. The van der Waals surface area contributed by atoms with E-state index in [-0.39, 0.29) is 5.92 Å². The minimum Gasteiger partial charge on any atom is -0.481 e. The van der Waals surface area contributed by atoms with Crippen LogP contribution in [0.2, 0.25) is 10.0 Å². The Hall–Kier alpha value is -0.770. The van der Waals surface area contributed by atoms with E-state index in [9.17, 15) is 4.79 Å². The molecular formula is C14H19Cl2NO2. The summed E-state index contributed by atoms with van der Waals surface area (Å²) in [5.74, 6) is -0.761. The van der Waals surface area contributed by atoms with E-state index >= 15 is 0 Å². The fraction of sp³-hybridized carbons (Fsp3) is 0.500. The van der Waals surface area contributed by atoms with Crippen LogP contribution in [-0.4, -0.2) is 17.6 Å². The third-order valence-corrected chi connectivity index (χ3v) is 3.18. The van der Waals surface area contributed by atoms with Gasteiger partial charge in [0.25, 0.3) is 0 Å². The second-order valence-electron chi connectivity index (χ2n) is 5.07. The molecule has 1 aromatic rings. The second kappa shape index (κ2) is 7.73. The summed E-state index contributed by atoms with van der Waals surface area (Å²) < 4.78 is 0. The molecule has 1 rings (SSSR count). The van der Waals surface area contributed by atoms with Gasteiger partial charge in [-0.25, -0.2) is 0 Å². The zero-order valence-corrected chi connectivity index (χ0v) is 12.6. The molecule has 0 aliphatic rings. The summed E-state index contributed by atoms with van der Waals surface area (Å²) in [6.07, 6.45) is 0.665. The Balaban J connectivity index is 2.49. The van der Waals surface area contributed by atoms with Gasteiger partial charge in [-0.1, -0.05) is 37.0 Å². The van der Waals surface area contributed by atoms with Crippen LogP contribution in [0.25, 0.3) is 0 Å². The van der Waals surface area contributed by atoms with Gasteiger partial charge in [0.2, 0.25) is 0 Å². The van der Waals surface area contributed by atoms with Crippen molar-refractivity contribution in [3.05, 3.63) is 33.8 Å². The van der Waals surface area contributed by atoms with E-state index in [1.54, 1.807) is 6.07 Å². The van der Waals surface area contributed by atoms with Crippen molar-refractivity contribution in [3.8, 4) is 0 Å². The van der Waals surface area contributed by atoms with E-state index in [0.29, 0.717) is 35.5 Å². The zero-order chi connectivity index (χ0) is 14.4. The molecule has 0 aromatic heterocycles. The van der Waals surface area contributed by atoms with Crippen molar-refractivity contribution >= 4 is 29.2 Å². The Morgan fingerprint density at radius 3 is 2.32 bits per heavy atom. The molecule has 0 amide bonds. The minimum atomic E-state index is -0.759. The number of rotatable bonds is 7. The van der Waals surface area contributed by atoms with Gasteiger partial charge >= 0.3 is 5.97 Å². The Morgan fingerprint density at radius 1 is 1.26 bits per heavy atom. The molecule has 0 saturated heterocycles. The van der Waals surface area contributed by atoms with Crippen molar-refractivity contribution < 1.29 is 9.90 Å². The summed E-state index contributed by atoms with van der Waals surface area (Å²) >= 11 is 11.8. The third-order valence-electron chi connectivity index (χ3n) is 2.75. The van der Waals surface area contributed by atoms with Crippen molar-refractivity contribution in [2.24, 2.45) is 11.8 Å². The van der Waals surface area contributed by atoms with Gasteiger partial charge in [-0.3, -0.25) is 4.79 Å². The Labute approximate surface area is 123 Å². The summed E-state index contributed by atoms with van der Waals surface area (Å²) in [6, 6.07) is 5.31. The van der Waals surface area contributed by atoms with Crippen LogP contribution in [0.3, 0.4) is 0 Å². The average molecular weight is 304 g/mol. The molecule has 0 radical (unpaired) electrons. The number of benzene rings is 1. The van der Waals surface area contributed by atoms with Crippen LogP contribution < -0.4 is 5.32 Å². The molecule has 19 heavy (non-hydrogen) atoms. The van der Waals surface area contributed by atoms with Gasteiger partial charge in [0.1, 0.15) is 0 Å². The van der Waals surface area contributed by atoms with Crippen LogP contribution in [0.15, 0.2) is 18.2 Å². The van der Waals surface area contributed by atoms with Crippen molar-refractivity contribution in [3.63, 3.8) is 0 Å². The smallest absolute Gasteiger partial charge is 0.307 e. The van der Waals surface area contributed by atoms with Crippen LogP contribution >= 0.6 is 23.2 Å². The topological polar surface area (TPSA) is 49.3 Å². The van der Waals surface area contributed by atoms with Crippen LogP contribution in [0.1, 0.15) is 25.8 Å². The fourth-order valence-corrected chi connectivity index (χ4v) is 2.52. The maximum absolute atomic E-state index is 11.1. The van der Waals surface area contributed by atoms with E-state index < -0.39 is 5.97 Å². The minimum absolute atomic E-state index is 0.364. The van der Waals surface area contributed by atoms with Crippen LogP contribution in [0.5, 0.6) is 0 Å². The van der Waals surface area contributed by atoms with Crippen LogP contribution in [0, 0.1) is 11.8 Å². The molecular weight excluding hydrogens is 285 g/mol. The SMILES string of the molecule is CC(C)CC(CNCc1cc(Cl)cc(Cl)c1)C(=O)O. The lowest BCUT2D eigenvalue weighted by molar-refractivity contribution is -0.142. The first-order chi connectivity index (χ1) is 8.88. The van der Waals surface area contributed by atoms with E-state index in [0.717, 1.165) is 5.56 Å². The number of carbonyl (C=O) groups is 1. The first kappa shape index (κ1) is 16.3. The summed E-state index contributed by atoms with van der Waals surface area (Å²) in [6.45, 7) is 5.04. The van der Waals surface area contributed by atoms with Gasteiger partial charge in [0.05, 0.1) is 5.92 Å². The highest BCUT2D eigenvalue weighted by Gasteiger charge is 2.18. The normalized spacial score (nSPS) is 12.7. The monoisotopic (exact) mass is 303 g/mol. The maximum Gasteiger partial charge on any atom is 0.307 e. The lowest BCUT2D eigenvalue weighted by Gasteiger charge is -2.15. The zero-order valence-electron chi connectivity index (χ0n) is 11.1. The molecule has 0 bridgehead atoms. The van der Waals surface area contributed by atoms with E-state index in [4.69, 9.17) is 28.3 Å². The number of nitrogens with one attached hydrogen (secondary N) is 1. The highest BCUT2D eigenvalue weighted by Crippen LogP contribution is 2.19. The van der Waals surface area contributed by atoms with Gasteiger partial charge in [0.15, 0.2) is 0 Å². The van der Waals surface area contributed by atoms with Crippen molar-refractivity contribution in [1.29, 1.82) is 0 Å². The molecule has 0 spiro atoms. The number of carboxylic acids is 1. The molecule has 0 aliphatic heterocycles. The quantitative estimate of drug-likeness (QED) is 0.805. The molecule has 0 aliphatic carbocycles. The maximum atomic E-state index is 11.1. The van der Waals surface area contributed by atoms with Crippen molar-refractivity contribution in [2.45, 2.75) is 26.8 Å². The lowest BCUT2D eigenvalue weighted by atomic mass is 9.97. The first-order valence-corrected chi connectivity index (χ1v) is 7.02. The molecule has 0 saturated carbocycles. The summed E-state index contributed by atoms with van der Waals surface area (Å²) in [5, 5.41) is 13.4. The molecule has 0 fully saturated rings. The highest BCUT2D eigenvalue weighted by atomic mass is 35.5. The standard InChI is InChI=1S/C14H19Cl2NO2/c1-9(2)3-11(14(18)19)8-17-7-10-4-12(15)6-13(16)5-10/h4-6,9,11,17H,3,7-8H2,1-2H3,(H,18,19). The van der Waals surface area contributed by atoms with Gasteiger partial charge in [0, 0.05) is 23.1 Å². The molecule has 3 nitrogen and oxygen atoms in total. The van der Waals surface area contributed by atoms with E-state index in [2.05, 4.69) is 5.32 Å². The molecule has 5 heteroatoms. The lowest BCUT2D eigenvalue weighted by Crippen LogP contribution is -2.29. The number of aliphatic carboxylic acids is 1. The second-order valence-corrected chi connectivity index (χ2v) is 5.95. The van der Waals surface area contributed by atoms with Gasteiger partial charge in [-0.15, -0.1) is 0 Å². The van der Waals surface area contributed by atoms with Crippen LogP contribution in [-0.2, 0) is 11.3 Å². The molecule has 1 unspecified atom stereocenters. The Morgan fingerprint density at radius 2 is 1.84 bits per heavy atom. The summed E-state index contributed by atoms with van der Waals surface area (Å²) in [4.78, 5) is 11.1. The molecule has 106 valence electrons. The van der Waals surface area contributed by atoms with Crippen molar-refractivity contribution in [1.82, 2.24) is 5.32 Å². The van der Waals surface area contributed by atoms with Gasteiger partial charge in [-0.2, -0.15) is 0 Å². The highest BCUT2D eigenvalue weighted by molar-refractivity contribution is 6.34. The van der Waals surface area contributed by atoms with Crippen molar-refractivity contribution in [2.75, 3.05) is 6.54 Å². The van der Waals surface area contributed by atoms with E-state index in [1.807, 2.05) is 26.0 Å². The number of carboxylic acid groups (broad SMARTS) is 1. The number of halogens is 2. The van der Waals surface area contributed by atoms with Gasteiger partial charge < -0.3 is 10.4 Å². The predicted octanol–water partition coefficient (Wildman–Crippen LogP) is 3.83. The first-order valence-electron chi connectivity index (χ1n) is 6.27. The molecule has 1 atom stereocenters.